The second-order valence-corrected chi connectivity index (χ2v) is 8.74. The SMILES string of the molecule is CO/C=C/C(=C\C=C(/C)OC)Cc1cc(NCC(=O)c2cnn3c2N=CCC=C3)n(-c2ccc(C)cc2)n1. The molecule has 0 aliphatic carbocycles. The third kappa shape index (κ3) is 6.56. The van der Waals surface area contributed by atoms with Crippen LogP contribution < -0.4 is 5.32 Å². The molecule has 0 radical (unpaired) electrons. The molecular weight excluding hydrogens is 480 g/mol. The van der Waals surface area contributed by atoms with Crippen LogP contribution in [0, 0.1) is 6.92 Å². The minimum absolute atomic E-state index is 0.0664. The van der Waals surface area contributed by atoms with Gasteiger partial charge in [0.25, 0.3) is 0 Å². The zero-order valence-corrected chi connectivity index (χ0v) is 22.1. The third-order valence-corrected chi connectivity index (χ3v) is 5.90. The van der Waals surface area contributed by atoms with Crippen LogP contribution in [0.15, 0.2) is 83.4 Å². The van der Waals surface area contributed by atoms with Gasteiger partial charge in [-0.3, -0.25) is 4.79 Å². The number of Topliss-reactive ketones (excluding diaryl/α,β-unsaturated/α-hetero) is 1. The van der Waals surface area contributed by atoms with E-state index in [0.717, 1.165) is 28.3 Å². The van der Waals surface area contributed by atoms with E-state index in [4.69, 9.17) is 14.6 Å². The molecule has 0 atom stereocenters. The normalized spacial score (nSPS) is 13.5. The monoisotopic (exact) mass is 512 g/mol. The summed E-state index contributed by atoms with van der Waals surface area (Å²) in [5.41, 5.74) is 4.31. The zero-order chi connectivity index (χ0) is 26.9. The molecule has 9 heteroatoms. The Kier molecular flexibility index (Phi) is 8.71. The molecule has 9 nitrogen and oxygen atoms in total. The van der Waals surface area contributed by atoms with Crippen LogP contribution in [0.25, 0.3) is 11.9 Å². The molecule has 196 valence electrons. The minimum Gasteiger partial charge on any atom is -0.504 e. The summed E-state index contributed by atoms with van der Waals surface area (Å²) >= 11 is 0. The van der Waals surface area contributed by atoms with E-state index in [9.17, 15) is 4.79 Å². The van der Waals surface area contributed by atoms with E-state index >= 15 is 0 Å². The average molecular weight is 513 g/mol. The van der Waals surface area contributed by atoms with Gasteiger partial charge in [-0.25, -0.2) is 14.4 Å². The highest BCUT2D eigenvalue weighted by Crippen LogP contribution is 2.23. The van der Waals surface area contributed by atoms with Gasteiger partial charge in [0.05, 0.1) is 55.9 Å². The van der Waals surface area contributed by atoms with Crippen molar-refractivity contribution in [1.29, 1.82) is 0 Å². The number of aromatic nitrogens is 4. The standard InChI is InChI=1S/C29H32N6O3/c1-21-7-11-25(12-8-21)35-28(18-24(33-35)17-23(13-16-37-3)10-9-22(2)38-4)31-20-27(36)26-19-32-34-15-6-5-14-30-29(26)34/h6-16,18-19,31H,5,17,20H2,1-4H3/b16-13+,22-9+,23-10+. The first-order valence-corrected chi connectivity index (χ1v) is 12.3. The van der Waals surface area contributed by atoms with Crippen molar-refractivity contribution in [2.75, 3.05) is 26.1 Å². The van der Waals surface area contributed by atoms with Gasteiger partial charge < -0.3 is 14.8 Å². The number of allylic oxidation sites excluding steroid dienone is 6. The molecule has 0 spiro atoms. The summed E-state index contributed by atoms with van der Waals surface area (Å²) in [6.45, 7) is 3.99. The maximum Gasteiger partial charge on any atom is 0.187 e. The molecule has 4 rings (SSSR count). The van der Waals surface area contributed by atoms with E-state index in [1.165, 1.54) is 0 Å². The number of nitrogens with zero attached hydrogens (tertiary/aromatic N) is 5. The lowest BCUT2D eigenvalue weighted by Gasteiger charge is -2.09. The molecule has 0 fully saturated rings. The third-order valence-electron chi connectivity index (χ3n) is 5.90. The highest BCUT2D eigenvalue weighted by atomic mass is 16.5. The predicted molar refractivity (Wildman–Crippen MR) is 150 cm³/mol. The number of benzene rings is 1. The fourth-order valence-corrected chi connectivity index (χ4v) is 3.77. The number of aryl methyl sites for hydroxylation is 1. The lowest BCUT2D eigenvalue weighted by Crippen LogP contribution is -2.16. The fourth-order valence-electron chi connectivity index (χ4n) is 3.77. The van der Waals surface area contributed by atoms with Gasteiger partial charge in [-0.2, -0.15) is 10.2 Å². The van der Waals surface area contributed by atoms with Gasteiger partial charge in [-0.05, 0) is 43.7 Å². The number of rotatable bonds is 11. The van der Waals surface area contributed by atoms with Crippen molar-refractivity contribution in [1.82, 2.24) is 19.6 Å². The molecule has 1 aliphatic rings. The minimum atomic E-state index is -0.110. The summed E-state index contributed by atoms with van der Waals surface area (Å²) in [6, 6.07) is 10.0. The van der Waals surface area contributed by atoms with Gasteiger partial charge >= 0.3 is 0 Å². The zero-order valence-electron chi connectivity index (χ0n) is 22.1. The Bertz CT molecular complexity index is 1420. The number of hydrogen-bond acceptors (Lipinski definition) is 7. The highest BCUT2D eigenvalue weighted by molar-refractivity contribution is 6.03. The van der Waals surface area contributed by atoms with Gasteiger partial charge in [0.15, 0.2) is 11.6 Å². The number of carbonyl (C=O) groups is 1. The number of fused-ring (bicyclic) bond motifs is 1. The molecule has 0 saturated heterocycles. The van der Waals surface area contributed by atoms with Gasteiger partial charge in [0.1, 0.15) is 5.82 Å². The van der Waals surface area contributed by atoms with Crippen molar-refractivity contribution in [3.8, 4) is 5.69 Å². The van der Waals surface area contributed by atoms with E-state index in [1.807, 2.05) is 79.4 Å². The van der Waals surface area contributed by atoms with Crippen molar-refractivity contribution in [2.24, 2.45) is 4.99 Å². The van der Waals surface area contributed by atoms with Crippen LogP contribution in [0.1, 0.15) is 35.0 Å². The Balaban J connectivity index is 1.61. The summed E-state index contributed by atoms with van der Waals surface area (Å²) < 4.78 is 13.8. The number of carbonyl (C=O) groups excluding carboxylic acids is 1. The molecule has 0 amide bonds. The van der Waals surface area contributed by atoms with Crippen molar-refractivity contribution in [3.05, 3.63) is 95.2 Å². The van der Waals surface area contributed by atoms with E-state index in [-0.39, 0.29) is 12.3 Å². The number of hydrogen-bond donors (Lipinski definition) is 1. The van der Waals surface area contributed by atoms with Crippen molar-refractivity contribution >= 4 is 29.8 Å². The maximum absolute atomic E-state index is 13.1. The molecule has 3 heterocycles. The topological polar surface area (TPSA) is 95.6 Å². The molecule has 1 aliphatic heterocycles. The Hall–Kier alpha value is -4.66. The lowest BCUT2D eigenvalue weighted by atomic mass is 10.1. The van der Waals surface area contributed by atoms with Crippen LogP contribution >= 0.6 is 0 Å². The van der Waals surface area contributed by atoms with E-state index in [2.05, 4.69) is 15.4 Å². The summed E-state index contributed by atoms with van der Waals surface area (Å²) in [5, 5.41) is 12.4. The Morgan fingerprint density at radius 1 is 1.18 bits per heavy atom. The second-order valence-electron chi connectivity index (χ2n) is 8.74. The molecule has 2 aromatic heterocycles. The van der Waals surface area contributed by atoms with E-state index < -0.39 is 0 Å². The Morgan fingerprint density at radius 3 is 2.76 bits per heavy atom. The van der Waals surface area contributed by atoms with Crippen molar-refractivity contribution in [3.63, 3.8) is 0 Å². The molecule has 38 heavy (non-hydrogen) atoms. The molecule has 1 N–H and O–H groups in total. The Morgan fingerprint density at radius 2 is 2.00 bits per heavy atom. The van der Waals surface area contributed by atoms with Crippen LogP contribution in [0.4, 0.5) is 11.6 Å². The van der Waals surface area contributed by atoms with Crippen molar-refractivity contribution < 1.29 is 14.3 Å². The first kappa shape index (κ1) is 26.4. The Labute approximate surface area is 222 Å². The number of methoxy groups -OCH3 is 2. The molecule has 0 bridgehead atoms. The van der Waals surface area contributed by atoms with Crippen LogP contribution in [-0.4, -0.2) is 52.3 Å². The molecular formula is C29H32N6O3. The van der Waals surface area contributed by atoms with E-state index in [1.54, 1.807) is 37.6 Å². The maximum atomic E-state index is 13.1. The number of anilines is 1. The lowest BCUT2D eigenvalue weighted by molar-refractivity contribution is 0.101. The summed E-state index contributed by atoms with van der Waals surface area (Å²) in [7, 11) is 3.24. The number of ether oxygens (including phenoxy) is 2. The molecule has 1 aromatic carbocycles. The fraction of sp³-hybridized carbons (Fsp3) is 0.241. The predicted octanol–water partition coefficient (Wildman–Crippen LogP) is 5.43. The van der Waals surface area contributed by atoms with Crippen molar-refractivity contribution in [2.45, 2.75) is 26.7 Å². The van der Waals surface area contributed by atoms with Crippen LogP contribution in [0.3, 0.4) is 0 Å². The molecule has 0 unspecified atom stereocenters. The van der Waals surface area contributed by atoms with Gasteiger partial charge in [0.2, 0.25) is 0 Å². The first-order chi connectivity index (χ1) is 18.5. The highest BCUT2D eigenvalue weighted by Gasteiger charge is 2.18. The quantitative estimate of drug-likeness (QED) is 0.209. The summed E-state index contributed by atoms with van der Waals surface area (Å²) in [6.07, 6.45) is 15.7. The van der Waals surface area contributed by atoms with Crippen LogP contribution in [-0.2, 0) is 15.9 Å². The smallest absolute Gasteiger partial charge is 0.187 e. The first-order valence-electron chi connectivity index (χ1n) is 12.3. The summed E-state index contributed by atoms with van der Waals surface area (Å²) in [5.74, 6) is 1.92. The molecule has 3 aromatic rings. The van der Waals surface area contributed by atoms with Gasteiger partial charge in [-0.1, -0.05) is 29.8 Å². The number of ketones is 1. The number of aliphatic imine (C=N–C) groups is 1. The van der Waals surface area contributed by atoms with Gasteiger partial charge in [0, 0.05) is 31.3 Å². The average Bonchev–Trinajstić information content (AvgIpc) is 3.45. The largest absolute Gasteiger partial charge is 0.504 e. The van der Waals surface area contributed by atoms with Crippen LogP contribution in [0.5, 0.6) is 0 Å². The number of nitrogens with one attached hydrogen (secondary N) is 1. The second kappa shape index (κ2) is 12.5. The van der Waals surface area contributed by atoms with Gasteiger partial charge in [-0.15, -0.1) is 0 Å². The molecule has 0 saturated carbocycles. The van der Waals surface area contributed by atoms with E-state index in [0.29, 0.717) is 30.0 Å². The van der Waals surface area contributed by atoms with Crippen LogP contribution in [0.2, 0.25) is 0 Å². The summed E-state index contributed by atoms with van der Waals surface area (Å²) in [4.78, 5) is 17.5.